The number of likely N-dealkylation sites (tertiary alicyclic amines) is 1. The summed E-state index contributed by atoms with van der Waals surface area (Å²) in [6.45, 7) is 5.68. The summed E-state index contributed by atoms with van der Waals surface area (Å²) < 4.78 is 5.06. The van der Waals surface area contributed by atoms with Crippen molar-refractivity contribution in [3.05, 3.63) is 46.7 Å². The van der Waals surface area contributed by atoms with Gasteiger partial charge in [0.1, 0.15) is 0 Å². The number of nitrogens with zero attached hydrogens (tertiary/aromatic N) is 1. The van der Waals surface area contributed by atoms with Gasteiger partial charge in [0.25, 0.3) is 0 Å². The number of piperidine rings is 1. The minimum Gasteiger partial charge on any atom is -0.466 e. The van der Waals surface area contributed by atoms with E-state index in [4.69, 9.17) is 4.74 Å². The standard InChI is InChI=1S/C20H27N3O3/c1-13-8-4-5-10-15(13)18-17(19(24)26-3)16(21-20(25)22-18)12-23-11-7-6-9-14(23)2/h4-5,8,10,14,18H,6-7,9,11-12H2,1-3H3,(H2,21,22,25)/t14-,18+/m1/s1. The Labute approximate surface area is 154 Å². The van der Waals surface area contributed by atoms with E-state index in [0.29, 0.717) is 23.9 Å². The van der Waals surface area contributed by atoms with Crippen LogP contribution in [0.3, 0.4) is 0 Å². The quantitative estimate of drug-likeness (QED) is 0.813. The summed E-state index contributed by atoms with van der Waals surface area (Å²) in [5.74, 6) is -0.412. The first-order chi connectivity index (χ1) is 12.5. The van der Waals surface area contributed by atoms with E-state index in [2.05, 4.69) is 22.5 Å². The Morgan fingerprint density at radius 1 is 1.31 bits per heavy atom. The van der Waals surface area contributed by atoms with Crippen LogP contribution < -0.4 is 10.6 Å². The Kier molecular flexibility index (Phi) is 5.61. The highest BCUT2D eigenvalue weighted by atomic mass is 16.5. The number of hydrogen-bond donors (Lipinski definition) is 2. The predicted octanol–water partition coefficient (Wildman–Crippen LogP) is 2.65. The van der Waals surface area contributed by atoms with Gasteiger partial charge in [-0.3, -0.25) is 4.90 Å². The molecule has 3 rings (SSSR count). The van der Waals surface area contributed by atoms with E-state index in [-0.39, 0.29) is 6.03 Å². The summed E-state index contributed by atoms with van der Waals surface area (Å²) in [4.78, 5) is 27.3. The molecule has 6 heteroatoms. The molecule has 2 amide bonds. The van der Waals surface area contributed by atoms with Gasteiger partial charge in [-0.05, 0) is 44.4 Å². The molecule has 2 aliphatic rings. The molecular formula is C20H27N3O3. The van der Waals surface area contributed by atoms with Crippen LogP contribution in [0.1, 0.15) is 43.4 Å². The van der Waals surface area contributed by atoms with E-state index in [1.54, 1.807) is 0 Å². The molecule has 0 unspecified atom stereocenters. The summed E-state index contributed by atoms with van der Waals surface area (Å²) >= 11 is 0. The van der Waals surface area contributed by atoms with Crippen molar-refractivity contribution in [3.63, 3.8) is 0 Å². The SMILES string of the molecule is COC(=O)C1=C(CN2CCCC[C@H]2C)NC(=O)N[C@H]1c1ccccc1C. The van der Waals surface area contributed by atoms with Crippen LogP contribution in [0.4, 0.5) is 4.79 Å². The number of aryl methyl sites for hydroxylation is 1. The fourth-order valence-electron chi connectivity index (χ4n) is 3.83. The minimum atomic E-state index is -0.507. The lowest BCUT2D eigenvalue weighted by Crippen LogP contribution is -2.50. The fraction of sp³-hybridized carbons (Fsp3) is 0.500. The second-order valence-corrected chi connectivity index (χ2v) is 7.09. The fourth-order valence-corrected chi connectivity index (χ4v) is 3.83. The Morgan fingerprint density at radius 3 is 2.77 bits per heavy atom. The van der Waals surface area contributed by atoms with Crippen molar-refractivity contribution < 1.29 is 14.3 Å². The second kappa shape index (κ2) is 7.91. The Hall–Kier alpha value is -2.34. The number of benzene rings is 1. The molecule has 2 heterocycles. The van der Waals surface area contributed by atoms with E-state index < -0.39 is 12.0 Å². The second-order valence-electron chi connectivity index (χ2n) is 7.09. The largest absolute Gasteiger partial charge is 0.466 e. The molecule has 0 spiro atoms. The van der Waals surface area contributed by atoms with Crippen LogP contribution in [0, 0.1) is 6.92 Å². The highest BCUT2D eigenvalue weighted by Gasteiger charge is 2.35. The number of hydrogen-bond acceptors (Lipinski definition) is 4. The summed E-state index contributed by atoms with van der Waals surface area (Å²) in [7, 11) is 1.38. The molecule has 0 aliphatic carbocycles. The minimum absolute atomic E-state index is 0.287. The van der Waals surface area contributed by atoms with Crippen LogP contribution in [0.5, 0.6) is 0 Å². The first-order valence-corrected chi connectivity index (χ1v) is 9.19. The van der Waals surface area contributed by atoms with Crippen molar-refractivity contribution in [2.45, 2.75) is 45.2 Å². The molecule has 2 atom stereocenters. The van der Waals surface area contributed by atoms with Gasteiger partial charge in [-0.2, -0.15) is 0 Å². The highest BCUT2D eigenvalue weighted by Crippen LogP contribution is 2.30. The van der Waals surface area contributed by atoms with Crippen molar-refractivity contribution in [2.75, 3.05) is 20.2 Å². The molecule has 1 aromatic rings. The zero-order chi connectivity index (χ0) is 18.7. The van der Waals surface area contributed by atoms with Gasteiger partial charge in [0, 0.05) is 18.3 Å². The molecule has 140 valence electrons. The summed E-state index contributed by atoms with van der Waals surface area (Å²) in [6, 6.07) is 7.41. The topological polar surface area (TPSA) is 70.7 Å². The zero-order valence-corrected chi connectivity index (χ0v) is 15.7. The van der Waals surface area contributed by atoms with E-state index in [1.807, 2.05) is 31.2 Å². The molecule has 1 saturated heterocycles. The average molecular weight is 357 g/mol. The van der Waals surface area contributed by atoms with E-state index >= 15 is 0 Å². The number of carbonyl (C=O) groups is 2. The molecular weight excluding hydrogens is 330 g/mol. The van der Waals surface area contributed by atoms with Gasteiger partial charge >= 0.3 is 12.0 Å². The molecule has 2 aliphatic heterocycles. The maximum atomic E-state index is 12.6. The Morgan fingerprint density at radius 2 is 2.08 bits per heavy atom. The van der Waals surface area contributed by atoms with Gasteiger partial charge in [-0.15, -0.1) is 0 Å². The molecule has 1 fully saturated rings. The maximum absolute atomic E-state index is 12.6. The lowest BCUT2D eigenvalue weighted by atomic mass is 9.91. The van der Waals surface area contributed by atoms with Crippen LogP contribution in [-0.4, -0.2) is 43.1 Å². The van der Waals surface area contributed by atoms with Crippen LogP contribution in [0.15, 0.2) is 35.5 Å². The predicted molar refractivity (Wildman–Crippen MR) is 99.5 cm³/mol. The normalized spacial score (nSPS) is 24.0. The van der Waals surface area contributed by atoms with E-state index in [0.717, 1.165) is 30.5 Å². The summed E-state index contributed by atoms with van der Waals surface area (Å²) in [5.41, 5.74) is 3.06. The number of carbonyl (C=O) groups excluding carboxylic acids is 2. The number of amides is 2. The highest BCUT2D eigenvalue weighted by molar-refractivity contribution is 5.95. The molecule has 6 nitrogen and oxygen atoms in total. The van der Waals surface area contributed by atoms with Crippen molar-refractivity contribution in [2.24, 2.45) is 0 Å². The van der Waals surface area contributed by atoms with Gasteiger partial charge in [0.05, 0.1) is 18.7 Å². The number of urea groups is 1. The van der Waals surface area contributed by atoms with E-state index in [9.17, 15) is 9.59 Å². The third kappa shape index (κ3) is 3.75. The van der Waals surface area contributed by atoms with Gasteiger partial charge in [-0.25, -0.2) is 9.59 Å². The number of methoxy groups -OCH3 is 1. The Balaban J connectivity index is 2.01. The van der Waals surface area contributed by atoms with Gasteiger partial charge in [-0.1, -0.05) is 30.7 Å². The lowest BCUT2D eigenvalue weighted by Gasteiger charge is -2.37. The number of nitrogens with one attached hydrogen (secondary N) is 2. The zero-order valence-electron chi connectivity index (χ0n) is 15.7. The first-order valence-electron chi connectivity index (χ1n) is 9.19. The summed E-state index contributed by atoms with van der Waals surface area (Å²) in [6.07, 6.45) is 3.49. The smallest absolute Gasteiger partial charge is 0.338 e. The lowest BCUT2D eigenvalue weighted by molar-refractivity contribution is -0.136. The Bertz CT molecular complexity index is 729. The number of rotatable bonds is 4. The van der Waals surface area contributed by atoms with Crippen LogP contribution >= 0.6 is 0 Å². The van der Waals surface area contributed by atoms with Crippen molar-refractivity contribution >= 4 is 12.0 Å². The monoisotopic (exact) mass is 357 g/mol. The van der Waals surface area contributed by atoms with Crippen LogP contribution in [0.2, 0.25) is 0 Å². The first kappa shape index (κ1) is 18.5. The van der Waals surface area contributed by atoms with Crippen molar-refractivity contribution in [1.82, 2.24) is 15.5 Å². The molecule has 1 aromatic carbocycles. The van der Waals surface area contributed by atoms with Gasteiger partial charge in [0.15, 0.2) is 0 Å². The third-order valence-corrected chi connectivity index (χ3v) is 5.36. The van der Waals surface area contributed by atoms with Gasteiger partial charge in [0.2, 0.25) is 0 Å². The third-order valence-electron chi connectivity index (χ3n) is 5.36. The summed E-state index contributed by atoms with van der Waals surface area (Å²) in [5, 5.41) is 5.75. The molecule has 0 radical (unpaired) electrons. The van der Waals surface area contributed by atoms with E-state index in [1.165, 1.54) is 13.5 Å². The molecule has 2 N–H and O–H groups in total. The number of ether oxygens (including phenoxy) is 1. The average Bonchev–Trinajstić information content (AvgIpc) is 2.63. The molecule has 0 saturated carbocycles. The maximum Gasteiger partial charge on any atom is 0.338 e. The van der Waals surface area contributed by atoms with Crippen molar-refractivity contribution in [1.29, 1.82) is 0 Å². The van der Waals surface area contributed by atoms with Crippen LogP contribution in [-0.2, 0) is 9.53 Å². The molecule has 26 heavy (non-hydrogen) atoms. The number of esters is 1. The molecule has 0 bridgehead atoms. The van der Waals surface area contributed by atoms with Gasteiger partial charge < -0.3 is 15.4 Å². The van der Waals surface area contributed by atoms with Crippen LogP contribution in [0.25, 0.3) is 0 Å². The van der Waals surface area contributed by atoms with Crippen molar-refractivity contribution in [3.8, 4) is 0 Å². The molecule has 0 aromatic heterocycles.